The average Bonchev–Trinajstić information content (AvgIpc) is 3.13. The van der Waals surface area contributed by atoms with Crippen molar-refractivity contribution in [2.45, 2.75) is 6.04 Å². The Hall–Kier alpha value is -3.29. The molecule has 3 aromatic rings. The van der Waals surface area contributed by atoms with Gasteiger partial charge in [0.2, 0.25) is 0 Å². The number of carboxylic acids is 1. The maximum absolute atomic E-state index is 12.8. The molecule has 1 aromatic heterocycles. The number of nitrogens with zero attached hydrogens (tertiary/aromatic N) is 2. The second-order valence-electron chi connectivity index (χ2n) is 6.30. The van der Waals surface area contributed by atoms with E-state index in [1.165, 1.54) is 12.3 Å². The summed E-state index contributed by atoms with van der Waals surface area (Å²) in [7, 11) is 0. The van der Waals surface area contributed by atoms with Crippen LogP contribution in [0.3, 0.4) is 0 Å². The smallest absolute Gasteiger partial charge is 0.352 e. The number of fused-ring (bicyclic) bond motifs is 1. The lowest BCUT2D eigenvalue weighted by atomic mass is 10.0. The number of rotatable bonds is 4. The molecule has 4 rings (SSSR count). The predicted molar refractivity (Wildman–Crippen MR) is 111 cm³/mol. The highest BCUT2D eigenvalue weighted by molar-refractivity contribution is 6.34. The van der Waals surface area contributed by atoms with Gasteiger partial charge in [-0.1, -0.05) is 47.5 Å². The van der Waals surface area contributed by atoms with E-state index in [4.69, 9.17) is 23.2 Å². The Morgan fingerprint density at radius 2 is 1.93 bits per heavy atom. The number of carbonyl (C=O) groups is 2. The molecule has 7 nitrogen and oxygen atoms in total. The van der Waals surface area contributed by atoms with Gasteiger partial charge in [0.15, 0.2) is 0 Å². The fourth-order valence-electron chi connectivity index (χ4n) is 3.07. The number of para-hydroxylation sites is 1. The third kappa shape index (κ3) is 3.70. The fraction of sp³-hybridized carbons (Fsp3) is 0.0500. The molecule has 1 aliphatic heterocycles. The van der Waals surface area contributed by atoms with E-state index < -0.39 is 17.9 Å². The molecule has 1 amide bonds. The van der Waals surface area contributed by atoms with Crippen LogP contribution >= 0.6 is 23.2 Å². The van der Waals surface area contributed by atoms with Crippen LogP contribution in [0.25, 0.3) is 0 Å². The second kappa shape index (κ2) is 7.62. The molecule has 0 aliphatic carbocycles. The van der Waals surface area contributed by atoms with Gasteiger partial charge in [0.25, 0.3) is 5.91 Å². The summed E-state index contributed by atoms with van der Waals surface area (Å²) in [5, 5.41) is 20.2. The van der Waals surface area contributed by atoms with Crippen molar-refractivity contribution in [1.29, 1.82) is 0 Å². The fourth-order valence-corrected chi connectivity index (χ4v) is 3.45. The molecule has 3 N–H and O–H groups in total. The van der Waals surface area contributed by atoms with Crippen molar-refractivity contribution >= 4 is 46.6 Å². The summed E-state index contributed by atoms with van der Waals surface area (Å²) in [5.74, 6) is -1.36. The number of allylic oxidation sites excluding steroid dienone is 1. The first kappa shape index (κ1) is 19.0. The van der Waals surface area contributed by atoms with Crippen molar-refractivity contribution in [3.8, 4) is 0 Å². The van der Waals surface area contributed by atoms with Gasteiger partial charge >= 0.3 is 5.97 Å². The van der Waals surface area contributed by atoms with Crippen LogP contribution in [0.4, 0.5) is 11.5 Å². The molecular formula is C20H14Cl2N4O3. The lowest BCUT2D eigenvalue weighted by Crippen LogP contribution is -2.25. The summed E-state index contributed by atoms with van der Waals surface area (Å²) in [6.45, 7) is 0. The topological polar surface area (TPSA) is 96.2 Å². The van der Waals surface area contributed by atoms with Crippen LogP contribution in [-0.4, -0.2) is 26.8 Å². The first-order valence-electron chi connectivity index (χ1n) is 8.55. The highest BCUT2D eigenvalue weighted by Crippen LogP contribution is 2.33. The Morgan fingerprint density at radius 3 is 2.66 bits per heavy atom. The van der Waals surface area contributed by atoms with Gasteiger partial charge < -0.3 is 15.7 Å². The molecule has 0 spiro atoms. The Labute approximate surface area is 175 Å². The van der Waals surface area contributed by atoms with Gasteiger partial charge in [-0.15, -0.1) is 0 Å². The van der Waals surface area contributed by atoms with E-state index in [-0.39, 0.29) is 17.1 Å². The van der Waals surface area contributed by atoms with Crippen molar-refractivity contribution in [2.24, 2.45) is 0 Å². The summed E-state index contributed by atoms with van der Waals surface area (Å²) < 4.78 is 1.54. The zero-order valence-corrected chi connectivity index (χ0v) is 16.3. The number of anilines is 2. The number of aliphatic carboxylic acids is 1. The minimum absolute atomic E-state index is 0.0604. The first-order chi connectivity index (χ1) is 13.9. The van der Waals surface area contributed by atoms with Gasteiger partial charge in [0, 0.05) is 5.02 Å². The van der Waals surface area contributed by atoms with Crippen molar-refractivity contribution in [1.82, 2.24) is 9.78 Å². The SMILES string of the molecule is O=C(O)C1=C[C@@H](c2cccc(Cl)c2)n2ncc(C(=O)Nc3ccccc3Cl)c2N1. The van der Waals surface area contributed by atoms with E-state index in [0.29, 0.717) is 15.7 Å². The lowest BCUT2D eigenvalue weighted by Gasteiger charge is -2.24. The average molecular weight is 429 g/mol. The van der Waals surface area contributed by atoms with Gasteiger partial charge in [-0.05, 0) is 35.9 Å². The van der Waals surface area contributed by atoms with Gasteiger partial charge in [-0.3, -0.25) is 4.79 Å². The van der Waals surface area contributed by atoms with Crippen LogP contribution in [-0.2, 0) is 4.79 Å². The van der Waals surface area contributed by atoms with E-state index in [9.17, 15) is 14.7 Å². The number of benzene rings is 2. The number of hydrogen-bond donors (Lipinski definition) is 3. The van der Waals surface area contributed by atoms with Gasteiger partial charge in [-0.25, -0.2) is 9.48 Å². The molecule has 146 valence electrons. The van der Waals surface area contributed by atoms with Gasteiger partial charge in [0.05, 0.1) is 22.9 Å². The first-order valence-corrected chi connectivity index (χ1v) is 9.30. The van der Waals surface area contributed by atoms with E-state index in [0.717, 1.165) is 5.56 Å². The molecule has 0 saturated heterocycles. The monoisotopic (exact) mass is 428 g/mol. The highest BCUT2D eigenvalue weighted by Gasteiger charge is 2.29. The third-order valence-electron chi connectivity index (χ3n) is 4.42. The Balaban J connectivity index is 1.74. The summed E-state index contributed by atoms with van der Waals surface area (Å²) in [4.78, 5) is 24.5. The standard InChI is InChI=1S/C20H14Cl2N4O3/c21-12-5-3-4-11(8-12)17-9-16(20(28)29)24-18-13(10-23-26(17)18)19(27)25-15-7-2-1-6-14(15)22/h1-10,17,24H,(H,25,27)(H,28,29)/t17-/m0/s1. The maximum Gasteiger partial charge on any atom is 0.352 e. The van der Waals surface area contributed by atoms with Crippen LogP contribution < -0.4 is 10.6 Å². The number of hydrogen-bond acceptors (Lipinski definition) is 4. The molecule has 0 saturated carbocycles. The normalized spacial score (nSPS) is 15.1. The molecule has 0 unspecified atom stereocenters. The maximum atomic E-state index is 12.8. The van der Waals surface area contributed by atoms with Crippen molar-refractivity contribution in [3.05, 3.63) is 87.7 Å². The predicted octanol–water partition coefficient (Wildman–Crippen LogP) is 4.43. The number of halogens is 2. The number of carboxylic acid groups (broad SMARTS) is 1. The summed E-state index contributed by atoms with van der Waals surface area (Å²) >= 11 is 12.2. The Kier molecular flexibility index (Phi) is 5.00. The van der Waals surface area contributed by atoms with Crippen LogP contribution in [0.15, 0.2) is 66.5 Å². The summed E-state index contributed by atoms with van der Waals surface area (Å²) in [6, 6.07) is 13.3. The molecule has 29 heavy (non-hydrogen) atoms. The minimum Gasteiger partial charge on any atom is -0.477 e. The molecule has 0 fully saturated rings. The molecule has 1 atom stereocenters. The Bertz CT molecular complexity index is 1160. The molecule has 2 aromatic carbocycles. The Morgan fingerprint density at radius 1 is 1.14 bits per heavy atom. The zero-order valence-electron chi connectivity index (χ0n) is 14.8. The summed E-state index contributed by atoms with van der Waals surface area (Å²) in [6.07, 6.45) is 2.90. The van der Waals surface area contributed by atoms with Crippen LogP contribution in [0.1, 0.15) is 22.0 Å². The highest BCUT2D eigenvalue weighted by atomic mass is 35.5. The number of aromatic nitrogens is 2. The van der Waals surface area contributed by atoms with E-state index in [1.807, 2.05) is 6.07 Å². The molecule has 0 bridgehead atoms. The summed E-state index contributed by atoms with van der Waals surface area (Å²) in [5.41, 5.74) is 1.30. The van der Waals surface area contributed by atoms with E-state index in [2.05, 4.69) is 15.7 Å². The van der Waals surface area contributed by atoms with E-state index in [1.54, 1.807) is 47.1 Å². The number of amides is 1. The van der Waals surface area contributed by atoms with E-state index >= 15 is 0 Å². The molecular weight excluding hydrogens is 415 g/mol. The molecule has 0 radical (unpaired) electrons. The second-order valence-corrected chi connectivity index (χ2v) is 7.14. The van der Waals surface area contributed by atoms with Crippen molar-refractivity contribution in [3.63, 3.8) is 0 Å². The van der Waals surface area contributed by atoms with Crippen molar-refractivity contribution < 1.29 is 14.7 Å². The number of nitrogens with one attached hydrogen (secondary N) is 2. The van der Waals surface area contributed by atoms with Crippen LogP contribution in [0.2, 0.25) is 10.0 Å². The van der Waals surface area contributed by atoms with Crippen molar-refractivity contribution in [2.75, 3.05) is 10.6 Å². The molecule has 1 aliphatic rings. The number of carbonyl (C=O) groups excluding carboxylic acids is 1. The lowest BCUT2D eigenvalue weighted by molar-refractivity contribution is -0.132. The van der Waals surface area contributed by atoms with Gasteiger partial charge in [-0.2, -0.15) is 5.10 Å². The quantitative estimate of drug-likeness (QED) is 0.571. The van der Waals surface area contributed by atoms with Gasteiger partial charge in [0.1, 0.15) is 17.1 Å². The van der Waals surface area contributed by atoms with Crippen LogP contribution in [0, 0.1) is 0 Å². The largest absolute Gasteiger partial charge is 0.477 e. The zero-order chi connectivity index (χ0) is 20.5. The molecule has 2 heterocycles. The third-order valence-corrected chi connectivity index (χ3v) is 4.99. The molecule has 9 heteroatoms. The minimum atomic E-state index is -1.15. The van der Waals surface area contributed by atoms with Crippen LogP contribution in [0.5, 0.6) is 0 Å².